The van der Waals surface area contributed by atoms with Crippen LogP contribution in [0.2, 0.25) is 0 Å². The molecule has 3 N–H and O–H groups in total. The number of carboxylic acid groups (broad SMARTS) is 2. The van der Waals surface area contributed by atoms with E-state index in [-0.39, 0.29) is 0 Å². The van der Waals surface area contributed by atoms with Crippen LogP contribution in [0.4, 0.5) is 0 Å². The third-order valence-electron chi connectivity index (χ3n) is 3.51. The van der Waals surface area contributed by atoms with E-state index in [0.717, 1.165) is 45.9 Å². The lowest BCUT2D eigenvalue weighted by atomic mass is 10.1. The molecule has 0 atom stereocenters. The number of benzene rings is 2. The third-order valence-corrected chi connectivity index (χ3v) is 4.00. The molecule has 1 heterocycles. The Kier molecular flexibility index (Phi) is 7.44. The highest BCUT2D eigenvalue weighted by Gasteiger charge is 2.13. The Hall–Kier alpha value is -2.78. The molecule has 2 aromatic rings. The average Bonchev–Trinajstić information content (AvgIpc) is 3.10. The van der Waals surface area contributed by atoms with Crippen molar-refractivity contribution in [3.63, 3.8) is 0 Å². The van der Waals surface area contributed by atoms with Crippen molar-refractivity contribution in [1.29, 1.82) is 0 Å². The van der Waals surface area contributed by atoms with Gasteiger partial charge in [-0.1, -0.05) is 22.0 Å². The lowest BCUT2D eigenvalue weighted by molar-refractivity contribution is -0.159. The van der Waals surface area contributed by atoms with Crippen molar-refractivity contribution in [2.45, 2.75) is 13.1 Å². The molecule has 144 valence electrons. The predicted octanol–water partition coefficient (Wildman–Crippen LogP) is 2.63. The summed E-state index contributed by atoms with van der Waals surface area (Å²) in [5.41, 5.74) is 2.28. The third kappa shape index (κ3) is 6.15. The standard InChI is InChI=1S/C16H16BrNO3.C2H2O4/c1-19-14-5-3-13(17)7-12(14)9-18-8-11-2-4-15-16(6-11)21-10-20-15;3-1(4)2(5)6/h2-7,18H,8-10H2,1H3;(H,3,4)(H,5,6). The van der Waals surface area contributed by atoms with Crippen LogP contribution < -0.4 is 19.5 Å². The summed E-state index contributed by atoms with van der Waals surface area (Å²) in [7, 11) is 1.69. The molecular formula is C18H18BrNO7. The molecule has 0 amide bonds. The van der Waals surface area contributed by atoms with Gasteiger partial charge < -0.3 is 29.7 Å². The number of rotatable bonds is 5. The summed E-state index contributed by atoms with van der Waals surface area (Å²) in [5.74, 6) is -1.14. The fourth-order valence-corrected chi connectivity index (χ4v) is 2.69. The molecule has 0 aliphatic carbocycles. The fraction of sp³-hybridized carbons (Fsp3) is 0.222. The van der Waals surface area contributed by atoms with Crippen molar-refractivity contribution in [2.75, 3.05) is 13.9 Å². The normalized spacial score (nSPS) is 11.3. The Bertz CT molecular complexity index is 813. The molecule has 0 bridgehead atoms. The summed E-state index contributed by atoms with van der Waals surface area (Å²) in [6.45, 7) is 1.80. The Morgan fingerprint density at radius 1 is 1.07 bits per heavy atom. The van der Waals surface area contributed by atoms with Crippen LogP contribution in [0, 0.1) is 0 Å². The number of aliphatic carboxylic acids is 2. The van der Waals surface area contributed by atoms with Gasteiger partial charge in [0.25, 0.3) is 0 Å². The number of carbonyl (C=O) groups is 2. The summed E-state index contributed by atoms with van der Waals surface area (Å²) in [4.78, 5) is 18.2. The highest BCUT2D eigenvalue weighted by Crippen LogP contribution is 2.32. The number of carboxylic acids is 2. The Labute approximate surface area is 163 Å². The van der Waals surface area contributed by atoms with E-state index >= 15 is 0 Å². The van der Waals surface area contributed by atoms with Crippen molar-refractivity contribution in [3.8, 4) is 17.2 Å². The van der Waals surface area contributed by atoms with E-state index in [4.69, 9.17) is 34.0 Å². The van der Waals surface area contributed by atoms with Gasteiger partial charge in [-0.2, -0.15) is 0 Å². The van der Waals surface area contributed by atoms with Crippen LogP contribution in [-0.4, -0.2) is 36.1 Å². The molecule has 0 saturated carbocycles. The highest BCUT2D eigenvalue weighted by molar-refractivity contribution is 9.10. The minimum absolute atomic E-state index is 0.307. The Morgan fingerprint density at radius 2 is 1.78 bits per heavy atom. The number of ether oxygens (including phenoxy) is 3. The topological polar surface area (TPSA) is 114 Å². The lowest BCUT2D eigenvalue weighted by Gasteiger charge is -2.10. The van der Waals surface area contributed by atoms with Gasteiger partial charge in [0.2, 0.25) is 6.79 Å². The maximum absolute atomic E-state index is 9.10. The minimum Gasteiger partial charge on any atom is -0.496 e. The molecular weight excluding hydrogens is 422 g/mol. The zero-order valence-electron chi connectivity index (χ0n) is 14.4. The molecule has 0 fully saturated rings. The SMILES string of the molecule is COc1ccc(Br)cc1CNCc1ccc2c(c1)OCO2.O=C(O)C(=O)O. The molecule has 2 aromatic carbocycles. The Balaban J connectivity index is 0.000000380. The van der Waals surface area contributed by atoms with Gasteiger partial charge >= 0.3 is 11.9 Å². The summed E-state index contributed by atoms with van der Waals surface area (Å²) in [6.07, 6.45) is 0. The molecule has 3 rings (SSSR count). The summed E-state index contributed by atoms with van der Waals surface area (Å²) in [5, 5.41) is 18.2. The van der Waals surface area contributed by atoms with E-state index in [2.05, 4.69) is 27.3 Å². The molecule has 0 unspecified atom stereocenters. The molecule has 0 saturated heterocycles. The number of fused-ring (bicyclic) bond motifs is 1. The molecule has 1 aliphatic heterocycles. The largest absolute Gasteiger partial charge is 0.496 e. The van der Waals surface area contributed by atoms with E-state index < -0.39 is 11.9 Å². The average molecular weight is 440 g/mol. The second-order valence-corrected chi connectivity index (χ2v) is 6.27. The maximum atomic E-state index is 9.10. The van der Waals surface area contributed by atoms with Gasteiger partial charge in [0, 0.05) is 23.1 Å². The smallest absolute Gasteiger partial charge is 0.414 e. The summed E-state index contributed by atoms with van der Waals surface area (Å²) < 4.78 is 17.1. The van der Waals surface area contributed by atoms with Crippen molar-refractivity contribution in [3.05, 3.63) is 52.0 Å². The van der Waals surface area contributed by atoms with Gasteiger partial charge in [-0.3, -0.25) is 0 Å². The van der Waals surface area contributed by atoms with Crippen LogP contribution in [0.5, 0.6) is 17.2 Å². The minimum atomic E-state index is -1.82. The van der Waals surface area contributed by atoms with E-state index in [9.17, 15) is 0 Å². The van der Waals surface area contributed by atoms with Crippen molar-refractivity contribution < 1.29 is 34.0 Å². The van der Waals surface area contributed by atoms with Gasteiger partial charge in [0.15, 0.2) is 11.5 Å². The van der Waals surface area contributed by atoms with Gasteiger partial charge in [0.1, 0.15) is 5.75 Å². The van der Waals surface area contributed by atoms with Crippen LogP contribution in [0.1, 0.15) is 11.1 Å². The summed E-state index contributed by atoms with van der Waals surface area (Å²) in [6, 6.07) is 12.0. The second kappa shape index (κ2) is 9.79. The first kappa shape index (κ1) is 20.5. The van der Waals surface area contributed by atoms with Crippen LogP contribution >= 0.6 is 15.9 Å². The number of methoxy groups -OCH3 is 1. The van der Waals surface area contributed by atoms with Crippen LogP contribution in [0.3, 0.4) is 0 Å². The number of halogens is 1. The molecule has 0 spiro atoms. The highest BCUT2D eigenvalue weighted by atomic mass is 79.9. The van der Waals surface area contributed by atoms with Gasteiger partial charge in [-0.15, -0.1) is 0 Å². The van der Waals surface area contributed by atoms with Gasteiger partial charge in [-0.25, -0.2) is 9.59 Å². The number of hydrogen-bond donors (Lipinski definition) is 3. The van der Waals surface area contributed by atoms with Crippen LogP contribution in [0.15, 0.2) is 40.9 Å². The van der Waals surface area contributed by atoms with Crippen molar-refractivity contribution in [1.82, 2.24) is 5.32 Å². The number of nitrogens with one attached hydrogen (secondary N) is 1. The van der Waals surface area contributed by atoms with E-state index in [1.165, 1.54) is 0 Å². The maximum Gasteiger partial charge on any atom is 0.414 e. The van der Waals surface area contributed by atoms with Crippen molar-refractivity contribution >= 4 is 27.9 Å². The lowest BCUT2D eigenvalue weighted by Crippen LogP contribution is -2.13. The Morgan fingerprint density at radius 3 is 2.44 bits per heavy atom. The molecule has 0 radical (unpaired) electrons. The molecule has 9 heteroatoms. The zero-order chi connectivity index (χ0) is 19.8. The van der Waals surface area contributed by atoms with E-state index in [1.54, 1.807) is 7.11 Å². The molecule has 8 nitrogen and oxygen atoms in total. The first-order valence-electron chi connectivity index (χ1n) is 7.78. The molecule has 1 aliphatic rings. The second-order valence-electron chi connectivity index (χ2n) is 5.36. The van der Waals surface area contributed by atoms with Gasteiger partial charge in [0.05, 0.1) is 7.11 Å². The first-order valence-corrected chi connectivity index (χ1v) is 8.58. The summed E-state index contributed by atoms with van der Waals surface area (Å²) >= 11 is 3.48. The molecule has 0 aromatic heterocycles. The van der Waals surface area contributed by atoms with Crippen molar-refractivity contribution in [2.24, 2.45) is 0 Å². The first-order chi connectivity index (χ1) is 12.9. The van der Waals surface area contributed by atoms with Crippen LogP contribution in [-0.2, 0) is 22.7 Å². The molecule has 27 heavy (non-hydrogen) atoms. The monoisotopic (exact) mass is 439 g/mol. The fourth-order valence-electron chi connectivity index (χ4n) is 2.28. The van der Waals surface area contributed by atoms with E-state index in [0.29, 0.717) is 6.79 Å². The zero-order valence-corrected chi connectivity index (χ0v) is 16.0. The number of hydrogen-bond acceptors (Lipinski definition) is 6. The van der Waals surface area contributed by atoms with Gasteiger partial charge in [-0.05, 0) is 35.9 Å². The predicted molar refractivity (Wildman–Crippen MR) is 99.1 cm³/mol. The van der Waals surface area contributed by atoms with Crippen LogP contribution in [0.25, 0.3) is 0 Å². The van der Waals surface area contributed by atoms with E-state index in [1.807, 2.05) is 30.3 Å². The quantitative estimate of drug-likeness (QED) is 0.609.